The maximum Gasteiger partial charge on any atom is 0.252 e. The van der Waals surface area contributed by atoms with Gasteiger partial charge in [-0.1, -0.05) is 49.4 Å². The second-order valence-corrected chi connectivity index (χ2v) is 9.17. The van der Waals surface area contributed by atoms with E-state index >= 15 is 0 Å². The molecule has 0 saturated carbocycles. The zero-order chi connectivity index (χ0) is 26.2. The van der Waals surface area contributed by atoms with E-state index in [0.29, 0.717) is 30.5 Å². The van der Waals surface area contributed by atoms with Crippen molar-refractivity contribution >= 4 is 34.8 Å². The van der Waals surface area contributed by atoms with Gasteiger partial charge in [0.05, 0.1) is 26.7 Å². The number of methoxy groups -OCH3 is 1. The quantitative estimate of drug-likeness (QED) is 0.361. The molecule has 3 aromatic carbocycles. The maximum atomic E-state index is 13.5. The molecule has 3 aromatic rings. The van der Waals surface area contributed by atoms with Gasteiger partial charge in [-0.05, 0) is 66.2 Å². The number of hydrogen-bond acceptors (Lipinski definition) is 5. The van der Waals surface area contributed by atoms with E-state index in [-0.39, 0.29) is 18.2 Å². The van der Waals surface area contributed by atoms with Gasteiger partial charge in [-0.2, -0.15) is 0 Å². The highest BCUT2D eigenvalue weighted by atomic mass is 32.1. The van der Waals surface area contributed by atoms with Crippen LogP contribution in [-0.2, 0) is 22.7 Å². The summed E-state index contributed by atoms with van der Waals surface area (Å²) < 4.78 is 10.9. The number of thiocarbonyl (C=S) groups is 1. The Morgan fingerprint density at radius 3 is 2.22 bits per heavy atom. The topological polar surface area (TPSA) is 71.1 Å². The molecule has 1 fully saturated rings. The summed E-state index contributed by atoms with van der Waals surface area (Å²) in [5.41, 5.74) is 2.58. The number of ether oxygens (including phenoxy) is 2. The van der Waals surface area contributed by atoms with Crippen LogP contribution in [-0.4, -0.2) is 46.5 Å². The molecule has 2 amide bonds. The first kappa shape index (κ1) is 26.2. The smallest absolute Gasteiger partial charge is 0.252 e. The van der Waals surface area contributed by atoms with Crippen LogP contribution in [0.1, 0.15) is 30.9 Å². The Morgan fingerprint density at radius 2 is 1.57 bits per heavy atom. The van der Waals surface area contributed by atoms with E-state index in [1.54, 1.807) is 24.1 Å². The molecule has 1 saturated heterocycles. The number of nitrogens with zero attached hydrogens (tertiary/aromatic N) is 2. The van der Waals surface area contributed by atoms with E-state index in [9.17, 15) is 9.59 Å². The van der Waals surface area contributed by atoms with Crippen LogP contribution in [0.5, 0.6) is 11.5 Å². The van der Waals surface area contributed by atoms with Crippen molar-refractivity contribution in [1.29, 1.82) is 0 Å². The SMILES string of the molecule is CCCOc1ccc(NC(=O)CC2C(=O)N(Cc3ccccc3)C(=S)N2Cc2ccc(OC)cc2)cc1. The van der Waals surface area contributed by atoms with Crippen molar-refractivity contribution in [2.75, 3.05) is 19.0 Å². The molecule has 7 nitrogen and oxygen atoms in total. The maximum absolute atomic E-state index is 13.5. The van der Waals surface area contributed by atoms with Gasteiger partial charge >= 0.3 is 0 Å². The first-order chi connectivity index (χ1) is 18.0. The van der Waals surface area contributed by atoms with Gasteiger partial charge in [-0.3, -0.25) is 14.5 Å². The zero-order valence-corrected chi connectivity index (χ0v) is 21.9. The number of anilines is 1. The Kier molecular flexibility index (Phi) is 8.74. The average molecular weight is 518 g/mol. The number of benzene rings is 3. The van der Waals surface area contributed by atoms with Gasteiger partial charge in [0.2, 0.25) is 5.91 Å². The molecular weight excluding hydrogens is 486 g/mol. The molecule has 1 heterocycles. The van der Waals surface area contributed by atoms with Crippen molar-refractivity contribution in [1.82, 2.24) is 9.80 Å². The second kappa shape index (κ2) is 12.4. The van der Waals surface area contributed by atoms with Crippen LogP contribution in [0, 0.1) is 0 Å². The summed E-state index contributed by atoms with van der Waals surface area (Å²) in [5, 5.41) is 3.32. The van der Waals surface area contributed by atoms with Crippen LogP contribution in [0.15, 0.2) is 78.9 Å². The van der Waals surface area contributed by atoms with E-state index in [1.165, 1.54) is 0 Å². The van der Waals surface area contributed by atoms with Crippen LogP contribution in [0.4, 0.5) is 5.69 Å². The van der Waals surface area contributed by atoms with Gasteiger partial charge < -0.3 is 19.7 Å². The number of carbonyl (C=O) groups is 2. The fourth-order valence-electron chi connectivity index (χ4n) is 4.15. The summed E-state index contributed by atoms with van der Waals surface area (Å²) in [7, 11) is 1.62. The molecule has 1 N–H and O–H groups in total. The molecule has 0 radical (unpaired) electrons. The number of amides is 2. The number of carbonyl (C=O) groups excluding carboxylic acids is 2. The Balaban J connectivity index is 1.50. The van der Waals surface area contributed by atoms with Crippen molar-refractivity contribution in [3.8, 4) is 11.5 Å². The molecule has 1 aliphatic heterocycles. The van der Waals surface area contributed by atoms with Crippen molar-refractivity contribution < 1.29 is 19.1 Å². The predicted molar refractivity (Wildman–Crippen MR) is 147 cm³/mol. The first-order valence-corrected chi connectivity index (χ1v) is 12.7. The third-order valence-electron chi connectivity index (χ3n) is 6.09. The molecule has 0 bridgehead atoms. The number of hydrogen-bond donors (Lipinski definition) is 1. The molecule has 37 heavy (non-hydrogen) atoms. The molecule has 8 heteroatoms. The van der Waals surface area contributed by atoms with Crippen LogP contribution in [0.25, 0.3) is 0 Å². The van der Waals surface area contributed by atoms with Crippen molar-refractivity contribution in [3.63, 3.8) is 0 Å². The lowest BCUT2D eigenvalue weighted by molar-refractivity contribution is -0.131. The normalized spacial score (nSPS) is 15.1. The van der Waals surface area contributed by atoms with Gasteiger partial charge in [-0.15, -0.1) is 0 Å². The molecule has 0 aromatic heterocycles. The lowest BCUT2D eigenvalue weighted by Crippen LogP contribution is -2.37. The standard InChI is InChI=1S/C29H31N3O4S/c1-3-17-36-25-15-11-23(12-16-25)30-27(33)18-26-28(34)32(20-21-7-5-4-6-8-21)29(37)31(26)19-22-9-13-24(35-2)14-10-22/h4-16,26H,3,17-20H2,1-2H3,(H,30,33). The Hall–Kier alpha value is -3.91. The lowest BCUT2D eigenvalue weighted by Gasteiger charge is -2.24. The lowest BCUT2D eigenvalue weighted by atomic mass is 10.1. The number of nitrogens with one attached hydrogen (secondary N) is 1. The van der Waals surface area contributed by atoms with E-state index in [2.05, 4.69) is 5.32 Å². The Bertz CT molecular complexity index is 1220. The van der Waals surface area contributed by atoms with Gasteiger partial charge in [0.15, 0.2) is 5.11 Å². The third kappa shape index (κ3) is 6.65. The fourth-order valence-corrected chi connectivity index (χ4v) is 4.50. The summed E-state index contributed by atoms with van der Waals surface area (Å²) in [5.74, 6) is 1.06. The summed E-state index contributed by atoms with van der Waals surface area (Å²) in [4.78, 5) is 30.0. The molecule has 1 unspecified atom stereocenters. The molecule has 192 valence electrons. The fraction of sp³-hybridized carbons (Fsp3) is 0.276. The highest BCUT2D eigenvalue weighted by molar-refractivity contribution is 7.80. The van der Waals surface area contributed by atoms with Crippen molar-refractivity contribution in [3.05, 3.63) is 90.0 Å². The average Bonchev–Trinajstić information content (AvgIpc) is 3.13. The minimum absolute atomic E-state index is 0.0193. The molecule has 0 spiro atoms. The Labute approximate surface area is 223 Å². The third-order valence-corrected chi connectivity index (χ3v) is 6.54. The van der Waals surface area contributed by atoms with Crippen molar-refractivity contribution in [2.45, 2.75) is 38.9 Å². The Morgan fingerprint density at radius 1 is 0.919 bits per heavy atom. The molecule has 1 atom stereocenters. The first-order valence-electron chi connectivity index (χ1n) is 12.3. The van der Waals surface area contributed by atoms with Gasteiger partial charge in [-0.25, -0.2) is 0 Å². The van der Waals surface area contributed by atoms with Gasteiger partial charge in [0.25, 0.3) is 5.91 Å². The summed E-state index contributed by atoms with van der Waals surface area (Å²) in [6, 6.07) is 23.8. The number of rotatable bonds is 11. The van der Waals surface area contributed by atoms with Gasteiger partial charge in [0, 0.05) is 12.2 Å². The van der Waals surface area contributed by atoms with E-state index in [0.717, 1.165) is 29.0 Å². The molecule has 0 aliphatic carbocycles. The van der Waals surface area contributed by atoms with Gasteiger partial charge in [0.1, 0.15) is 17.5 Å². The highest BCUT2D eigenvalue weighted by Crippen LogP contribution is 2.26. The van der Waals surface area contributed by atoms with Crippen LogP contribution in [0.3, 0.4) is 0 Å². The van der Waals surface area contributed by atoms with E-state index in [4.69, 9.17) is 21.7 Å². The minimum atomic E-state index is -0.703. The molecule has 1 aliphatic rings. The highest BCUT2D eigenvalue weighted by Gasteiger charge is 2.43. The van der Waals surface area contributed by atoms with E-state index < -0.39 is 6.04 Å². The summed E-state index contributed by atoms with van der Waals surface area (Å²) >= 11 is 5.76. The summed E-state index contributed by atoms with van der Waals surface area (Å²) in [6.07, 6.45) is 0.901. The monoisotopic (exact) mass is 517 g/mol. The largest absolute Gasteiger partial charge is 0.497 e. The second-order valence-electron chi connectivity index (χ2n) is 8.81. The molecular formula is C29H31N3O4S. The molecule has 4 rings (SSSR count). The summed E-state index contributed by atoms with van der Waals surface area (Å²) in [6.45, 7) is 3.44. The minimum Gasteiger partial charge on any atom is -0.497 e. The van der Waals surface area contributed by atoms with Crippen LogP contribution >= 0.6 is 12.2 Å². The van der Waals surface area contributed by atoms with Crippen LogP contribution < -0.4 is 14.8 Å². The predicted octanol–water partition coefficient (Wildman–Crippen LogP) is 5.01. The van der Waals surface area contributed by atoms with Crippen molar-refractivity contribution in [2.24, 2.45) is 0 Å². The van der Waals surface area contributed by atoms with E-state index in [1.807, 2.05) is 78.6 Å². The van der Waals surface area contributed by atoms with Crippen LogP contribution in [0.2, 0.25) is 0 Å². The zero-order valence-electron chi connectivity index (χ0n) is 21.1.